The minimum atomic E-state index is -0.862. The van der Waals surface area contributed by atoms with E-state index < -0.39 is 15.3 Å². The number of benzene rings is 1. The lowest BCUT2D eigenvalue weighted by atomic mass is 9.93. The number of fused-ring (bicyclic) bond motifs is 1. The molecule has 1 fully saturated rings. The summed E-state index contributed by atoms with van der Waals surface area (Å²) in [5.74, 6) is 0. The van der Waals surface area contributed by atoms with Crippen molar-refractivity contribution in [3.8, 4) is 12.1 Å². The quantitative estimate of drug-likeness (QED) is 0.553. The minimum absolute atomic E-state index is 0.184. The molecule has 1 aliphatic heterocycles. The predicted octanol–water partition coefficient (Wildman–Crippen LogP) is 6.04. The highest BCUT2D eigenvalue weighted by Crippen LogP contribution is 2.62. The van der Waals surface area contributed by atoms with Gasteiger partial charge in [0.1, 0.15) is 5.52 Å². The number of nitrogens with zero attached hydrogens (tertiary/aromatic N) is 3. The van der Waals surface area contributed by atoms with Gasteiger partial charge < -0.3 is 9.15 Å². The van der Waals surface area contributed by atoms with Crippen LogP contribution in [0.4, 0.5) is 0 Å². The molecule has 0 aliphatic carbocycles. The number of oxazole rings is 1. The first-order chi connectivity index (χ1) is 13.3. The second kappa shape index (κ2) is 7.83. The molecule has 1 aromatic heterocycles. The van der Waals surface area contributed by atoms with Gasteiger partial charge >= 0.3 is 0 Å². The van der Waals surface area contributed by atoms with Gasteiger partial charge in [0.2, 0.25) is 0 Å². The maximum absolute atomic E-state index is 9.67. The van der Waals surface area contributed by atoms with E-state index in [1.165, 1.54) is 11.8 Å². The Bertz CT molecular complexity index is 956. The number of hydrogen-bond donors (Lipinski definition) is 0. The van der Waals surface area contributed by atoms with Gasteiger partial charge in [0.05, 0.1) is 28.9 Å². The van der Waals surface area contributed by atoms with E-state index in [4.69, 9.17) is 9.15 Å². The van der Waals surface area contributed by atoms with Crippen molar-refractivity contribution in [2.75, 3.05) is 0 Å². The number of nitriles is 2. The summed E-state index contributed by atoms with van der Waals surface area (Å²) < 4.78 is 12.2. The topological polar surface area (TPSA) is 82.8 Å². The molecular weight excluding hydrogens is 390 g/mol. The molecule has 146 valence electrons. The molecule has 0 bridgehead atoms. The summed E-state index contributed by atoms with van der Waals surface area (Å²) in [5, 5.41) is 19.4. The molecule has 3 unspecified atom stereocenters. The van der Waals surface area contributed by atoms with Crippen molar-refractivity contribution in [3.05, 3.63) is 35.2 Å². The highest BCUT2D eigenvalue weighted by atomic mass is 32.2. The Labute approximate surface area is 174 Å². The molecule has 1 saturated heterocycles. The zero-order valence-corrected chi connectivity index (χ0v) is 18.1. The van der Waals surface area contributed by atoms with E-state index in [0.29, 0.717) is 17.2 Å². The first kappa shape index (κ1) is 20.8. The zero-order chi connectivity index (χ0) is 20.4. The molecule has 1 aromatic carbocycles. The Hall–Kier alpha value is -1.93. The van der Waals surface area contributed by atoms with E-state index in [-0.39, 0.29) is 6.42 Å². The Morgan fingerprint density at radius 1 is 1.21 bits per heavy atom. The number of aromatic nitrogens is 1. The van der Waals surface area contributed by atoms with Crippen molar-refractivity contribution < 1.29 is 9.15 Å². The van der Waals surface area contributed by atoms with Crippen LogP contribution in [0, 0.1) is 22.7 Å². The predicted molar refractivity (Wildman–Crippen MR) is 113 cm³/mol. The van der Waals surface area contributed by atoms with Gasteiger partial charge in [0.25, 0.3) is 5.22 Å². The molecule has 0 N–H and O–H groups in total. The molecule has 0 spiro atoms. The van der Waals surface area contributed by atoms with Gasteiger partial charge in [0, 0.05) is 11.0 Å². The van der Waals surface area contributed by atoms with E-state index in [9.17, 15) is 10.5 Å². The summed E-state index contributed by atoms with van der Waals surface area (Å²) in [7, 11) is 0. The van der Waals surface area contributed by atoms with Crippen molar-refractivity contribution >= 4 is 34.6 Å². The summed E-state index contributed by atoms with van der Waals surface area (Å²) >= 11 is 3.01. The summed E-state index contributed by atoms with van der Waals surface area (Å²) in [6.45, 7) is 8.18. The van der Waals surface area contributed by atoms with Gasteiger partial charge in [-0.3, -0.25) is 0 Å². The van der Waals surface area contributed by atoms with E-state index in [2.05, 4.69) is 31.0 Å². The highest BCUT2D eigenvalue weighted by molar-refractivity contribution is 8.07. The first-order valence-corrected chi connectivity index (χ1v) is 10.9. The number of thioether (sulfide) groups is 2. The fourth-order valence-corrected chi connectivity index (χ4v) is 6.25. The molecule has 1 aliphatic rings. The van der Waals surface area contributed by atoms with Crippen molar-refractivity contribution in [2.24, 2.45) is 0 Å². The van der Waals surface area contributed by atoms with Crippen LogP contribution in [0.5, 0.6) is 0 Å². The van der Waals surface area contributed by atoms with E-state index in [1.807, 2.05) is 38.1 Å². The van der Waals surface area contributed by atoms with Crippen molar-refractivity contribution in [3.63, 3.8) is 0 Å². The van der Waals surface area contributed by atoms with Crippen LogP contribution in [-0.2, 0) is 4.74 Å². The SMILES string of the molecule is CCC1(C)OC(CC#N)(Sc2nc3ccccc3o2)C(C)(CC)SC1=CC#N. The van der Waals surface area contributed by atoms with Crippen LogP contribution >= 0.6 is 23.5 Å². The molecule has 0 amide bonds. The Kier molecular flexibility index (Phi) is 5.82. The summed E-state index contributed by atoms with van der Waals surface area (Å²) in [4.78, 5) is 4.63. The molecule has 0 radical (unpaired) electrons. The largest absolute Gasteiger partial charge is 0.431 e. The average Bonchev–Trinajstić information content (AvgIpc) is 3.08. The first-order valence-electron chi connectivity index (χ1n) is 9.26. The molecule has 28 heavy (non-hydrogen) atoms. The molecular formula is C21H23N3O2S2. The molecule has 3 atom stereocenters. The Morgan fingerprint density at radius 3 is 2.57 bits per heavy atom. The van der Waals surface area contributed by atoms with E-state index in [0.717, 1.165) is 16.8 Å². The third-order valence-electron chi connectivity index (χ3n) is 5.44. The molecule has 5 nitrogen and oxygen atoms in total. The molecule has 7 heteroatoms. The van der Waals surface area contributed by atoms with E-state index >= 15 is 0 Å². The molecule has 2 aromatic rings. The summed E-state index contributed by atoms with van der Waals surface area (Å²) in [6, 6.07) is 12.1. The number of rotatable bonds is 5. The second-order valence-electron chi connectivity index (χ2n) is 7.15. The molecule has 0 saturated carbocycles. The van der Waals surface area contributed by atoms with Crippen molar-refractivity contribution in [1.29, 1.82) is 10.5 Å². The standard InChI is InChI=1S/C21H23N3O2S2/c1-5-19(3)17(11-13-22)27-20(4,6-2)21(26-19,12-14-23)28-18-24-15-9-7-8-10-16(15)25-18/h7-11H,5-6,12H2,1-4H3. The number of ether oxygens (including phenoxy) is 1. The Balaban J connectivity index is 2.11. The zero-order valence-electron chi connectivity index (χ0n) is 16.5. The van der Waals surface area contributed by atoms with Gasteiger partial charge in [-0.15, -0.1) is 11.8 Å². The van der Waals surface area contributed by atoms with Gasteiger partial charge in [-0.2, -0.15) is 10.5 Å². The normalized spacial score (nSPS) is 31.6. The fraction of sp³-hybridized carbons (Fsp3) is 0.476. The van der Waals surface area contributed by atoms with E-state index in [1.54, 1.807) is 17.8 Å². The second-order valence-corrected chi connectivity index (χ2v) is 9.91. The average molecular weight is 414 g/mol. The van der Waals surface area contributed by atoms with Crippen LogP contribution in [0.2, 0.25) is 0 Å². The number of hydrogen-bond acceptors (Lipinski definition) is 7. The van der Waals surface area contributed by atoms with Gasteiger partial charge in [-0.05, 0) is 50.6 Å². The van der Waals surface area contributed by atoms with Gasteiger partial charge in [-0.1, -0.05) is 26.0 Å². The lowest BCUT2D eigenvalue weighted by Crippen LogP contribution is -2.58. The molecule has 2 heterocycles. The molecule has 3 rings (SSSR count). The van der Waals surface area contributed by atoms with Crippen LogP contribution in [0.3, 0.4) is 0 Å². The van der Waals surface area contributed by atoms with Crippen molar-refractivity contribution in [1.82, 2.24) is 4.98 Å². The Morgan fingerprint density at radius 2 is 1.96 bits per heavy atom. The van der Waals surface area contributed by atoms with Crippen molar-refractivity contribution in [2.45, 2.75) is 67.5 Å². The lowest BCUT2D eigenvalue weighted by molar-refractivity contribution is -0.0980. The number of para-hydroxylation sites is 2. The highest BCUT2D eigenvalue weighted by Gasteiger charge is 2.59. The van der Waals surface area contributed by atoms with Crippen LogP contribution in [-0.4, -0.2) is 20.3 Å². The van der Waals surface area contributed by atoms with Crippen LogP contribution < -0.4 is 0 Å². The summed E-state index contributed by atoms with van der Waals surface area (Å²) in [6.07, 6.45) is 3.20. The fourth-order valence-electron chi connectivity index (χ4n) is 3.31. The summed E-state index contributed by atoms with van der Waals surface area (Å²) in [5.41, 5.74) is 0.842. The van der Waals surface area contributed by atoms with Gasteiger partial charge in [0.15, 0.2) is 10.5 Å². The third-order valence-corrected chi connectivity index (χ3v) is 8.76. The third kappa shape index (κ3) is 3.43. The number of allylic oxidation sites excluding steroid dienone is 1. The monoisotopic (exact) mass is 413 g/mol. The lowest BCUT2D eigenvalue weighted by Gasteiger charge is -2.55. The van der Waals surface area contributed by atoms with Crippen LogP contribution in [0.25, 0.3) is 11.1 Å². The minimum Gasteiger partial charge on any atom is -0.431 e. The van der Waals surface area contributed by atoms with Gasteiger partial charge in [-0.25, -0.2) is 4.98 Å². The maximum Gasteiger partial charge on any atom is 0.259 e. The van der Waals surface area contributed by atoms with Crippen LogP contribution in [0.1, 0.15) is 47.0 Å². The van der Waals surface area contributed by atoms with Crippen LogP contribution in [0.15, 0.2) is 44.9 Å². The smallest absolute Gasteiger partial charge is 0.259 e. The maximum atomic E-state index is 9.67.